The predicted molar refractivity (Wildman–Crippen MR) is 113 cm³/mol. The molecule has 3 rings (SSSR count). The van der Waals surface area contributed by atoms with E-state index in [1.807, 2.05) is 18.2 Å². The normalized spacial score (nSPS) is 10.4. The number of aliphatic carboxylic acids is 1. The summed E-state index contributed by atoms with van der Waals surface area (Å²) in [5.41, 5.74) is 1.99. The molecule has 0 spiro atoms. The third kappa shape index (κ3) is 5.40. The van der Waals surface area contributed by atoms with Gasteiger partial charge in [-0.15, -0.1) is 11.3 Å². The number of nitrogens with one attached hydrogen (secondary N) is 1. The maximum absolute atomic E-state index is 12.8. The molecule has 1 heterocycles. The number of hydrogen-bond donors (Lipinski definition) is 2. The maximum atomic E-state index is 12.8. The molecule has 2 N–H and O–H groups in total. The van der Waals surface area contributed by atoms with E-state index in [4.69, 9.17) is 27.3 Å². The molecule has 2 aromatic carbocycles. The molecule has 3 aromatic rings. The molecule has 7 nitrogen and oxygen atoms in total. The van der Waals surface area contributed by atoms with Gasteiger partial charge in [-0.2, -0.15) is 5.26 Å². The topological polar surface area (TPSA) is 106 Å². The van der Waals surface area contributed by atoms with Gasteiger partial charge in [0, 0.05) is 18.7 Å². The van der Waals surface area contributed by atoms with Gasteiger partial charge in [0.1, 0.15) is 5.75 Å². The van der Waals surface area contributed by atoms with Crippen molar-refractivity contribution in [1.82, 2.24) is 4.98 Å². The Morgan fingerprint density at radius 1 is 1.21 bits per heavy atom. The highest BCUT2D eigenvalue weighted by Gasteiger charge is 2.19. The number of aromatic nitrogens is 1. The second-order valence-electron chi connectivity index (χ2n) is 6.20. The van der Waals surface area contributed by atoms with Gasteiger partial charge in [0.15, 0.2) is 3.95 Å². The Hall–Kier alpha value is -3.22. The molecule has 1 aromatic heterocycles. The highest BCUT2D eigenvalue weighted by Crippen LogP contribution is 2.27. The molecule has 1 amide bonds. The average Bonchev–Trinajstić information content (AvgIpc) is 3.07. The number of H-pyrrole nitrogens is 1. The molecule has 0 atom stereocenters. The van der Waals surface area contributed by atoms with Crippen LogP contribution in [-0.2, 0) is 4.79 Å². The van der Waals surface area contributed by atoms with Crippen LogP contribution in [0.1, 0.15) is 24.8 Å². The Labute approximate surface area is 175 Å². The number of rotatable bonds is 7. The SMILES string of the molecule is N#Cc1ccc(OC(=O)N(CCCCC(=O)O)c2ccc3[nH]c(=S)sc3c2)cc1. The van der Waals surface area contributed by atoms with Crippen molar-refractivity contribution in [2.45, 2.75) is 19.3 Å². The monoisotopic (exact) mass is 427 g/mol. The van der Waals surface area contributed by atoms with E-state index < -0.39 is 12.1 Å². The van der Waals surface area contributed by atoms with E-state index in [2.05, 4.69) is 4.98 Å². The van der Waals surface area contributed by atoms with Crippen LogP contribution in [-0.4, -0.2) is 28.7 Å². The first kappa shape index (κ1) is 20.5. The number of fused-ring (bicyclic) bond motifs is 1. The highest BCUT2D eigenvalue weighted by atomic mass is 32.1. The van der Waals surface area contributed by atoms with Crippen molar-refractivity contribution < 1.29 is 19.4 Å². The van der Waals surface area contributed by atoms with Crippen LogP contribution in [0.5, 0.6) is 5.75 Å². The number of thiazole rings is 1. The maximum Gasteiger partial charge on any atom is 0.419 e. The summed E-state index contributed by atoms with van der Waals surface area (Å²) in [4.78, 5) is 28.1. The van der Waals surface area contributed by atoms with Crippen LogP contribution in [0.15, 0.2) is 42.5 Å². The van der Waals surface area contributed by atoms with Crippen LogP contribution in [0.25, 0.3) is 10.2 Å². The molecular formula is C20H17N3O4S2. The van der Waals surface area contributed by atoms with Crippen molar-refractivity contribution in [3.8, 4) is 11.8 Å². The van der Waals surface area contributed by atoms with E-state index >= 15 is 0 Å². The fraction of sp³-hybridized carbons (Fsp3) is 0.200. The first-order valence-corrected chi connectivity index (χ1v) is 10.0. The van der Waals surface area contributed by atoms with Crippen molar-refractivity contribution in [1.29, 1.82) is 5.26 Å². The summed E-state index contributed by atoms with van der Waals surface area (Å²) in [6.45, 7) is 0.309. The molecule has 0 aliphatic heterocycles. The van der Waals surface area contributed by atoms with Crippen LogP contribution in [0.3, 0.4) is 0 Å². The summed E-state index contributed by atoms with van der Waals surface area (Å²) < 4.78 is 7.02. The number of nitriles is 1. The zero-order chi connectivity index (χ0) is 20.8. The number of anilines is 1. The summed E-state index contributed by atoms with van der Waals surface area (Å²) in [5, 5.41) is 17.7. The first-order chi connectivity index (χ1) is 14.0. The van der Waals surface area contributed by atoms with E-state index in [0.29, 0.717) is 40.3 Å². The van der Waals surface area contributed by atoms with Crippen LogP contribution >= 0.6 is 23.6 Å². The molecule has 0 saturated carbocycles. The van der Waals surface area contributed by atoms with Crippen molar-refractivity contribution in [2.75, 3.05) is 11.4 Å². The van der Waals surface area contributed by atoms with Crippen molar-refractivity contribution >= 4 is 51.5 Å². The standard InChI is InChI=1S/C20H17N3O4S2/c21-12-13-4-7-15(8-5-13)27-20(26)23(10-2-1-3-18(24)25)14-6-9-16-17(11-14)29-19(28)22-16/h4-9,11H,1-3,10H2,(H,22,28)(H,24,25). The third-order valence-corrected chi connectivity index (χ3v) is 5.34. The number of carboxylic acid groups (broad SMARTS) is 1. The summed E-state index contributed by atoms with van der Waals surface area (Å²) in [6, 6.07) is 13.7. The highest BCUT2D eigenvalue weighted by molar-refractivity contribution is 7.73. The molecule has 29 heavy (non-hydrogen) atoms. The van der Waals surface area contributed by atoms with Gasteiger partial charge in [-0.25, -0.2) is 4.79 Å². The second-order valence-corrected chi connectivity index (χ2v) is 7.92. The lowest BCUT2D eigenvalue weighted by Crippen LogP contribution is -2.34. The quantitative estimate of drug-likeness (QED) is 0.402. The van der Waals surface area contributed by atoms with Gasteiger partial charge < -0.3 is 14.8 Å². The lowest BCUT2D eigenvalue weighted by atomic mass is 10.2. The number of amides is 1. The first-order valence-electron chi connectivity index (χ1n) is 8.80. The molecule has 0 aliphatic rings. The van der Waals surface area contributed by atoms with Gasteiger partial charge in [0.25, 0.3) is 0 Å². The van der Waals surface area contributed by atoms with Gasteiger partial charge in [0.2, 0.25) is 0 Å². The van der Waals surface area contributed by atoms with E-state index in [-0.39, 0.29) is 6.42 Å². The minimum Gasteiger partial charge on any atom is -0.481 e. The summed E-state index contributed by atoms with van der Waals surface area (Å²) in [6.07, 6.45) is 0.414. The molecule has 0 unspecified atom stereocenters. The molecule has 0 radical (unpaired) electrons. The van der Waals surface area contributed by atoms with E-state index in [1.165, 1.54) is 16.2 Å². The van der Waals surface area contributed by atoms with E-state index in [1.54, 1.807) is 30.3 Å². The average molecular weight is 428 g/mol. The summed E-state index contributed by atoms with van der Waals surface area (Å²) in [7, 11) is 0. The minimum absolute atomic E-state index is 0.0384. The summed E-state index contributed by atoms with van der Waals surface area (Å²) in [5.74, 6) is -0.548. The summed E-state index contributed by atoms with van der Waals surface area (Å²) >= 11 is 6.58. The van der Waals surface area contributed by atoms with Gasteiger partial charge in [-0.1, -0.05) is 0 Å². The lowest BCUT2D eigenvalue weighted by molar-refractivity contribution is -0.137. The number of aromatic amines is 1. The van der Waals surface area contributed by atoms with Crippen LogP contribution in [0.4, 0.5) is 10.5 Å². The number of carboxylic acids is 1. The molecule has 0 aliphatic carbocycles. The Morgan fingerprint density at radius 3 is 2.66 bits per heavy atom. The number of carbonyl (C=O) groups is 2. The van der Waals surface area contributed by atoms with Crippen LogP contribution in [0.2, 0.25) is 0 Å². The fourth-order valence-corrected chi connectivity index (χ4v) is 3.88. The number of carbonyl (C=O) groups excluding carboxylic acids is 1. The molecule has 148 valence electrons. The molecule has 0 bridgehead atoms. The Balaban J connectivity index is 1.81. The number of hydrogen-bond acceptors (Lipinski definition) is 6. The molecule has 9 heteroatoms. The zero-order valence-electron chi connectivity index (χ0n) is 15.3. The van der Waals surface area contributed by atoms with Crippen molar-refractivity contribution in [3.05, 3.63) is 52.0 Å². The third-order valence-electron chi connectivity index (χ3n) is 4.15. The minimum atomic E-state index is -0.870. The van der Waals surface area contributed by atoms with Crippen molar-refractivity contribution in [3.63, 3.8) is 0 Å². The Morgan fingerprint density at radius 2 is 1.97 bits per heavy atom. The number of nitrogens with zero attached hydrogens (tertiary/aromatic N) is 2. The van der Waals surface area contributed by atoms with Gasteiger partial charge in [-0.3, -0.25) is 9.69 Å². The Kier molecular flexibility index (Phi) is 6.59. The second kappa shape index (κ2) is 9.32. The number of ether oxygens (including phenoxy) is 1. The predicted octanol–water partition coefficient (Wildman–Crippen LogP) is 5.09. The van der Waals surface area contributed by atoms with Crippen LogP contribution < -0.4 is 9.64 Å². The lowest BCUT2D eigenvalue weighted by Gasteiger charge is -2.22. The number of unbranched alkanes of at least 4 members (excludes halogenated alkanes) is 1. The molecular weight excluding hydrogens is 410 g/mol. The number of benzene rings is 2. The van der Waals surface area contributed by atoms with Gasteiger partial charge >= 0.3 is 12.1 Å². The van der Waals surface area contributed by atoms with E-state index in [0.717, 1.165) is 10.2 Å². The fourth-order valence-electron chi connectivity index (χ4n) is 2.73. The van der Waals surface area contributed by atoms with E-state index in [9.17, 15) is 9.59 Å². The van der Waals surface area contributed by atoms with Gasteiger partial charge in [0.05, 0.1) is 21.8 Å². The van der Waals surface area contributed by atoms with Crippen molar-refractivity contribution in [2.24, 2.45) is 0 Å². The van der Waals surface area contributed by atoms with Crippen LogP contribution in [0, 0.1) is 15.3 Å². The smallest absolute Gasteiger partial charge is 0.419 e. The zero-order valence-corrected chi connectivity index (χ0v) is 16.9. The Bertz CT molecular complexity index is 1130. The molecule has 0 fully saturated rings. The molecule has 0 saturated heterocycles. The van der Waals surface area contributed by atoms with Gasteiger partial charge in [-0.05, 0) is 67.5 Å². The largest absolute Gasteiger partial charge is 0.481 e.